The van der Waals surface area contributed by atoms with Gasteiger partial charge in [-0.15, -0.1) is 0 Å². The van der Waals surface area contributed by atoms with Crippen molar-refractivity contribution in [3.63, 3.8) is 0 Å². The number of esters is 1. The van der Waals surface area contributed by atoms with E-state index in [0.29, 0.717) is 28.0 Å². The Labute approximate surface area is 203 Å². The molecule has 3 atom stereocenters. The van der Waals surface area contributed by atoms with E-state index in [4.69, 9.17) is 18.6 Å². The second kappa shape index (κ2) is 7.74. The quantitative estimate of drug-likeness (QED) is 0.332. The van der Waals surface area contributed by atoms with Crippen LogP contribution in [0.25, 0.3) is 10.8 Å². The summed E-state index contributed by atoms with van der Waals surface area (Å²) >= 11 is 3.48. The smallest absolute Gasteiger partial charge is 0.344 e. The number of carbonyl (C=O) groups is 1. The Hall–Kier alpha value is -3.58. The van der Waals surface area contributed by atoms with Gasteiger partial charge in [-0.2, -0.15) is 0 Å². The van der Waals surface area contributed by atoms with Crippen LogP contribution in [0.2, 0.25) is 0 Å². The second-order valence-electron chi connectivity index (χ2n) is 8.47. The second-order valence-corrected chi connectivity index (χ2v) is 9.39. The normalized spacial score (nSPS) is 22.5. The zero-order valence-corrected chi connectivity index (χ0v) is 19.7. The summed E-state index contributed by atoms with van der Waals surface area (Å²) in [7, 11) is 1.35. The minimum atomic E-state index is -1.32. The molecule has 0 unspecified atom stereocenters. The van der Waals surface area contributed by atoms with E-state index >= 15 is 0 Å². The standard InChI is InChI=1S/C27H19BrO6/c1-31-26(30)27-14-32-20-9-5-4-8-19(20)21(27)23-22(17-6-2-3-7-18(17)25(29)34-23)33-24(27)15-10-12-16(28)13-11-15/h2-13,21,24H,14H2,1H3/t21-,24-,27+/m1/s1. The van der Waals surface area contributed by atoms with Crippen molar-refractivity contribution in [2.24, 2.45) is 5.41 Å². The molecule has 0 amide bonds. The minimum Gasteiger partial charge on any atom is -0.492 e. The zero-order chi connectivity index (χ0) is 23.4. The van der Waals surface area contributed by atoms with E-state index in [-0.39, 0.29) is 6.61 Å². The van der Waals surface area contributed by atoms with E-state index in [1.165, 1.54) is 7.11 Å². The number of hydrogen-bond acceptors (Lipinski definition) is 6. The van der Waals surface area contributed by atoms with Gasteiger partial charge in [0.2, 0.25) is 0 Å². The molecule has 7 heteroatoms. The third-order valence-corrected chi connectivity index (χ3v) is 7.26. The molecule has 0 fully saturated rings. The van der Waals surface area contributed by atoms with E-state index in [1.54, 1.807) is 12.1 Å². The number of rotatable bonds is 2. The Morgan fingerprint density at radius 3 is 2.47 bits per heavy atom. The molecule has 170 valence electrons. The van der Waals surface area contributed by atoms with Gasteiger partial charge in [-0.3, -0.25) is 4.79 Å². The Balaban J connectivity index is 1.73. The molecular formula is C27H19BrO6. The average molecular weight is 519 g/mol. The van der Waals surface area contributed by atoms with Gasteiger partial charge < -0.3 is 18.6 Å². The first-order valence-corrected chi connectivity index (χ1v) is 11.6. The fourth-order valence-electron chi connectivity index (χ4n) is 5.22. The maximum Gasteiger partial charge on any atom is 0.344 e. The largest absolute Gasteiger partial charge is 0.492 e. The molecule has 0 bridgehead atoms. The van der Waals surface area contributed by atoms with Crippen molar-refractivity contribution in [1.82, 2.24) is 0 Å². The molecule has 0 saturated heterocycles. The first kappa shape index (κ1) is 21.0. The summed E-state index contributed by atoms with van der Waals surface area (Å²) in [6.45, 7) is -0.00192. The van der Waals surface area contributed by atoms with Crippen molar-refractivity contribution in [2.75, 3.05) is 13.7 Å². The number of carbonyl (C=O) groups excluding carboxylic acids is 1. The molecule has 6 rings (SSSR count). The van der Waals surface area contributed by atoms with Crippen LogP contribution in [0.15, 0.2) is 86.5 Å². The predicted octanol–water partition coefficient (Wildman–Crippen LogP) is 5.37. The van der Waals surface area contributed by atoms with Crippen LogP contribution >= 0.6 is 15.9 Å². The van der Waals surface area contributed by atoms with Crippen LogP contribution in [0.4, 0.5) is 0 Å². The number of hydrogen-bond donors (Lipinski definition) is 0. The van der Waals surface area contributed by atoms with E-state index in [0.717, 1.165) is 15.6 Å². The molecule has 1 aromatic heterocycles. The lowest BCUT2D eigenvalue weighted by Crippen LogP contribution is -2.54. The zero-order valence-electron chi connectivity index (χ0n) is 18.1. The van der Waals surface area contributed by atoms with Crippen molar-refractivity contribution >= 4 is 32.7 Å². The predicted molar refractivity (Wildman–Crippen MR) is 128 cm³/mol. The molecule has 6 nitrogen and oxygen atoms in total. The molecule has 3 heterocycles. The lowest BCUT2D eigenvalue weighted by Gasteiger charge is -2.49. The number of fused-ring (bicyclic) bond motifs is 7. The Morgan fingerprint density at radius 1 is 1.00 bits per heavy atom. The van der Waals surface area contributed by atoms with Crippen molar-refractivity contribution in [1.29, 1.82) is 0 Å². The van der Waals surface area contributed by atoms with E-state index in [1.807, 2.05) is 60.7 Å². The average Bonchev–Trinajstić information content (AvgIpc) is 2.88. The van der Waals surface area contributed by atoms with Crippen molar-refractivity contribution < 1.29 is 23.4 Å². The SMILES string of the molecule is COC(=O)[C@@]12COc3ccccc3[C@@H]1c1oc(=O)c3ccccc3c1O[C@@H]2c1ccc(Br)cc1. The van der Waals surface area contributed by atoms with Gasteiger partial charge in [-0.25, -0.2) is 4.79 Å². The van der Waals surface area contributed by atoms with Crippen molar-refractivity contribution in [3.05, 3.63) is 105 Å². The molecule has 34 heavy (non-hydrogen) atoms. The van der Waals surface area contributed by atoms with Crippen LogP contribution in [-0.2, 0) is 9.53 Å². The highest BCUT2D eigenvalue weighted by atomic mass is 79.9. The van der Waals surface area contributed by atoms with Crippen molar-refractivity contribution in [3.8, 4) is 11.5 Å². The van der Waals surface area contributed by atoms with Crippen LogP contribution in [0, 0.1) is 5.41 Å². The molecule has 0 radical (unpaired) electrons. The third kappa shape index (κ3) is 2.86. The van der Waals surface area contributed by atoms with Gasteiger partial charge in [0, 0.05) is 15.4 Å². The summed E-state index contributed by atoms with van der Waals surface area (Å²) in [6.07, 6.45) is -0.755. The number of methoxy groups -OCH3 is 1. The van der Waals surface area contributed by atoms with Gasteiger partial charge in [0.05, 0.1) is 18.4 Å². The van der Waals surface area contributed by atoms with E-state index in [9.17, 15) is 9.59 Å². The first-order chi connectivity index (χ1) is 16.5. The van der Waals surface area contributed by atoms with Crippen LogP contribution in [0.5, 0.6) is 11.5 Å². The molecular weight excluding hydrogens is 500 g/mol. The van der Waals surface area contributed by atoms with Gasteiger partial charge in [0.25, 0.3) is 0 Å². The van der Waals surface area contributed by atoms with Crippen molar-refractivity contribution in [2.45, 2.75) is 12.0 Å². The van der Waals surface area contributed by atoms with Crippen LogP contribution in [0.3, 0.4) is 0 Å². The maximum atomic E-state index is 13.6. The highest BCUT2D eigenvalue weighted by Gasteiger charge is 2.63. The topological polar surface area (TPSA) is 75.0 Å². The van der Waals surface area contributed by atoms with Crippen LogP contribution < -0.4 is 15.1 Å². The summed E-state index contributed by atoms with van der Waals surface area (Å²) in [6, 6.07) is 22.3. The lowest BCUT2D eigenvalue weighted by atomic mass is 9.63. The molecule has 2 aliphatic rings. The molecule has 0 N–H and O–H groups in total. The summed E-state index contributed by atoms with van der Waals surface area (Å²) in [5.74, 6) is 0.230. The molecule has 0 spiro atoms. The number of ether oxygens (including phenoxy) is 3. The third-order valence-electron chi connectivity index (χ3n) is 6.73. The Bertz CT molecular complexity index is 1490. The molecule has 2 aliphatic heterocycles. The highest BCUT2D eigenvalue weighted by Crippen LogP contribution is 2.61. The fraction of sp³-hybridized carbons (Fsp3) is 0.185. The lowest BCUT2D eigenvalue weighted by molar-refractivity contribution is -0.169. The van der Waals surface area contributed by atoms with Gasteiger partial charge >= 0.3 is 11.6 Å². The van der Waals surface area contributed by atoms with Gasteiger partial charge in [-0.05, 0) is 29.8 Å². The molecule has 3 aromatic carbocycles. The first-order valence-electron chi connectivity index (χ1n) is 10.8. The highest BCUT2D eigenvalue weighted by molar-refractivity contribution is 9.10. The summed E-state index contributed by atoms with van der Waals surface area (Å²) < 4.78 is 24.9. The number of benzene rings is 3. The summed E-state index contributed by atoms with van der Waals surface area (Å²) in [5.41, 5.74) is -0.281. The summed E-state index contributed by atoms with van der Waals surface area (Å²) in [5, 5.41) is 1.06. The number of para-hydroxylation sites is 1. The van der Waals surface area contributed by atoms with Gasteiger partial charge in [0.15, 0.2) is 16.9 Å². The van der Waals surface area contributed by atoms with Crippen LogP contribution in [-0.4, -0.2) is 19.7 Å². The monoisotopic (exact) mass is 518 g/mol. The number of halogens is 1. The van der Waals surface area contributed by atoms with Gasteiger partial charge in [0.1, 0.15) is 18.5 Å². The molecule has 0 aliphatic carbocycles. The summed E-state index contributed by atoms with van der Waals surface area (Å²) in [4.78, 5) is 26.6. The Kier molecular flexibility index (Phi) is 4.78. The molecule has 0 saturated carbocycles. The van der Waals surface area contributed by atoms with E-state index in [2.05, 4.69) is 15.9 Å². The fourth-order valence-corrected chi connectivity index (χ4v) is 5.48. The maximum absolute atomic E-state index is 13.6. The van der Waals surface area contributed by atoms with E-state index < -0.39 is 29.0 Å². The van der Waals surface area contributed by atoms with Gasteiger partial charge in [-0.1, -0.05) is 64.5 Å². The Morgan fingerprint density at radius 2 is 1.71 bits per heavy atom. The van der Waals surface area contributed by atoms with Crippen LogP contribution in [0.1, 0.15) is 28.9 Å². The minimum absolute atomic E-state index is 0.00192. The molecule has 4 aromatic rings.